The number of furan rings is 1. The van der Waals surface area contributed by atoms with Crippen molar-refractivity contribution in [1.29, 1.82) is 0 Å². The van der Waals surface area contributed by atoms with E-state index in [-0.39, 0.29) is 36.1 Å². The number of hydrogen-bond acceptors (Lipinski definition) is 5. The number of benzene rings is 3. The molecule has 0 aliphatic heterocycles. The van der Waals surface area contributed by atoms with Crippen LogP contribution in [0, 0.1) is 12.8 Å². The SMILES string of the molecule is Cc1ccc(C(=O)N(CCN)C(c2nc3c(oc4cc(Cl)ccc43)c(=O)n2Cc2ccccc2)C(C)C)cc1. The van der Waals surface area contributed by atoms with Crippen molar-refractivity contribution in [3.05, 3.63) is 111 Å². The zero-order chi connectivity index (χ0) is 27.7. The number of aromatic nitrogens is 2. The molecule has 0 saturated heterocycles. The molecule has 1 unspecified atom stereocenters. The average molecular weight is 543 g/mol. The van der Waals surface area contributed by atoms with Crippen LogP contribution >= 0.6 is 11.6 Å². The molecule has 1 atom stereocenters. The van der Waals surface area contributed by atoms with E-state index in [4.69, 9.17) is 26.7 Å². The summed E-state index contributed by atoms with van der Waals surface area (Å²) in [6, 6.07) is 21.9. The molecule has 5 aromatic rings. The van der Waals surface area contributed by atoms with Gasteiger partial charge in [0.1, 0.15) is 16.9 Å². The van der Waals surface area contributed by atoms with Gasteiger partial charge in [0.2, 0.25) is 5.58 Å². The summed E-state index contributed by atoms with van der Waals surface area (Å²) in [5.41, 5.74) is 9.36. The lowest BCUT2D eigenvalue weighted by Crippen LogP contribution is -2.43. The summed E-state index contributed by atoms with van der Waals surface area (Å²) in [6.45, 7) is 6.86. The third-order valence-corrected chi connectivity index (χ3v) is 7.15. The molecular formula is C31H31ClN4O3. The number of nitrogens with zero attached hydrogens (tertiary/aromatic N) is 3. The van der Waals surface area contributed by atoms with Gasteiger partial charge in [-0.15, -0.1) is 0 Å². The Balaban J connectivity index is 1.76. The van der Waals surface area contributed by atoms with Gasteiger partial charge in [-0.1, -0.05) is 73.5 Å². The smallest absolute Gasteiger partial charge is 0.297 e. The molecule has 3 aromatic carbocycles. The lowest BCUT2D eigenvalue weighted by molar-refractivity contribution is 0.0612. The normalized spacial score (nSPS) is 12.4. The van der Waals surface area contributed by atoms with Crippen LogP contribution < -0.4 is 11.3 Å². The van der Waals surface area contributed by atoms with Crippen LogP contribution in [0.5, 0.6) is 0 Å². The summed E-state index contributed by atoms with van der Waals surface area (Å²) in [5, 5.41) is 1.20. The van der Waals surface area contributed by atoms with E-state index in [1.807, 2.05) is 75.4 Å². The zero-order valence-corrected chi connectivity index (χ0v) is 23.0. The Kier molecular flexibility index (Phi) is 7.55. The first-order valence-electron chi connectivity index (χ1n) is 13.0. The third-order valence-electron chi connectivity index (χ3n) is 6.91. The van der Waals surface area contributed by atoms with Crippen LogP contribution in [-0.2, 0) is 6.54 Å². The van der Waals surface area contributed by atoms with E-state index in [2.05, 4.69) is 0 Å². The number of hydrogen-bond donors (Lipinski definition) is 1. The number of aryl methyl sites for hydroxylation is 1. The molecule has 200 valence electrons. The van der Waals surface area contributed by atoms with Gasteiger partial charge >= 0.3 is 0 Å². The average Bonchev–Trinajstić information content (AvgIpc) is 3.28. The molecule has 5 rings (SSSR count). The summed E-state index contributed by atoms with van der Waals surface area (Å²) in [7, 11) is 0. The Hall–Kier alpha value is -3.94. The highest BCUT2D eigenvalue weighted by Crippen LogP contribution is 2.33. The summed E-state index contributed by atoms with van der Waals surface area (Å²) in [5.74, 6) is 0.242. The first kappa shape index (κ1) is 26.7. The van der Waals surface area contributed by atoms with E-state index in [9.17, 15) is 9.59 Å². The Morgan fingerprint density at radius 1 is 1.08 bits per heavy atom. The van der Waals surface area contributed by atoms with E-state index in [1.165, 1.54) is 0 Å². The Morgan fingerprint density at radius 3 is 2.46 bits per heavy atom. The maximum Gasteiger partial charge on any atom is 0.297 e. The van der Waals surface area contributed by atoms with Crippen molar-refractivity contribution in [2.24, 2.45) is 11.7 Å². The molecule has 2 heterocycles. The van der Waals surface area contributed by atoms with E-state index in [1.54, 1.807) is 27.7 Å². The first-order valence-corrected chi connectivity index (χ1v) is 13.4. The van der Waals surface area contributed by atoms with Crippen LogP contribution in [0.1, 0.15) is 47.2 Å². The highest BCUT2D eigenvalue weighted by molar-refractivity contribution is 6.31. The van der Waals surface area contributed by atoms with Crippen molar-refractivity contribution >= 4 is 39.6 Å². The molecule has 0 spiro atoms. The second-order valence-corrected chi connectivity index (χ2v) is 10.5. The Bertz CT molecular complexity index is 1690. The van der Waals surface area contributed by atoms with Gasteiger partial charge in [-0.05, 0) is 42.7 Å². The van der Waals surface area contributed by atoms with Crippen LogP contribution in [0.4, 0.5) is 0 Å². The first-order chi connectivity index (χ1) is 18.8. The van der Waals surface area contributed by atoms with Crippen LogP contribution in [0.2, 0.25) is 5.02 Å². The zero-order valence-electron chi connectivity index (χ0n) is 22.2. The van der Waals surface area contributed by atoms with E-state index >= 15 is 0 Å². The number of halogens is 1. The highest BCUT2D eigenvalue weighted by atomic mass is 35.5. The molecule has 2 aromatic heterocycles. The minimum Gasteiger partial charge on any atom is -0.448 e. The molecule has 7 nitrogen and oxygen atoms in total. The molecule has 0 saturated carbocycles. The van der Waals surface area contributed by atoms with E-state index in [0.717, 1.165) is 11.1 Å². The maximum atomic E-state index is 14.1. The van der Waals surface area contributed by atoms with Gasteiger partial charge in [0, 0.05) is 35.1 Å². The third kappa shape index (κ3) is 5.20. The quantitative estimate of drug-likeness (QED) is 0.261. The van der Waals surface area contributed by atoms with Gasteiger partial charge in [0.05, 0.1) is 12.6 Å². The summed E-state index contributed by atoms with van der Waals surface area (Å²) < 4.78 is 7.62. The molecule has 8 heteroatoms. The minimum atomic E-state index is -0.527. The lowest BCUT2D eigenvalue weighted by Gasteiger charge is -2.35. The topological polar surface area (TPSA) is 94.4 Å². The highest BCUT2D eigenvalue weighted by Gasteiger charge is 2.33. The fourth-order valence-electron chi connectivity index (χ4n) is 5.02. The van der Waals surface area contributed by atoms with Crippen molar-refractivity contribution in [2.75, 3.05) is 13.1 Å². The maximum absolute atomic E-state index is 14.1. The van der Waals surface area contributed by atoms with Crippen molar-refractivity contribution in [2.45, 2.75) is 33.4 Å². The van der Waals surface area contributed by atoms with Crippen molar-refractivity contribution in [3.8, 4) is 0 Å². The molecule has 0 aliphatic carbocycles. The Labute approximate surface area is 231 Å². The van der Waals surface area contributed by atoms with Crippen molar-refractivity contribution in [1.82, 2.24) is 14.5 Å². The van der Waals surface area contributed by atoms with Gasteiger partial charge < -0.3 is 15.1 Å². The van der Waals surface area contributed by atoms with Gasteiger partial charge in [0.15, 0.2) is 0 Å². The van der Waals surface area contributed by atoms with Crippen LogP contribution in [0.3, 0.4) is 0 Å². The van der Waals surface area contributed by atoms with Crippen LogP contribution in [0.15, 0.2) is 82.0 Å². The van der Waals surface area contributed by atoms with Crippen molar-refractivity contribution in [3.63, 3.8) is 0 Å². The largest absolute Gasteiger partial charge is 0.448 e. The van der Waals surface area contributed by atoms with E-state index in [0.29, 0.717) is 39.4 Å². The second kappa shape index (κ2) is 11.0. The van der Waals surface area contributed by atoms with Gasteiger partial charge in [0.25, 0.3) is 11.5 Å². The standard InChI is InChI=1S/C31H31ClN4O3/c1-19(2)27(35(16-15-33)30(37)22-11-9-20(3)10-12-22)29-34-26-24-14-13-23(32)17-25(24)39-28(26)31(38)36(29)18-21-7-5-4-6-8-21/h4-14,17,19,27H,15-16,18,33H2,1-3H3. The molecule has 0 radical (unpaired) electrons. The number of rotatable bonds is 8. The van der Waals surface area contributed by atoms with Gasteiger partial charge in [-0.25, -0.2) is 4.98 Å². The fourth-order valence-corrected chi connectivity index (χ4v) is 5.19. The van der Waals surface area contributed by atoms with E-state index < -0.39 is 6.04 Å². The van der Waals surface area contributed by atoms with Crippen LogP contribution in [0.25, 0.3) is 22.1 Å². The number of amides is 1. The monoisotopic (exact) mass is 542 g/mol. The van der Waals surface area contributed by atoms with Crippen molar-refractivity contribution < 1.29 is 9.21 Å². The molecule has 39 heavy (non-hydrogen) atoms. The van der Waals surface area contributed by atoms with Crippen LogP contribution in [-0.4, -0.2) is 33.4 Å². The predicted molar refractivity (Wildman–Crippen MR) is 155 cm³/mol. The van der Waals surface area contributed by atoms with Gasteiger partial charge in [-0.2, -0.15) is 0 Å². The number of carbonyl (C=O) groups is 1. The number of carbonyl (C=O) groups excluding carboxylic acids is 1. The number of fused-ring (bicyclic) bond motifs is 3. The molecule has 0 fully saturated rings. The summed E-state index contributed by atoms with van der Waals surface area (Å²) in [6.07, 6.45) is 0. The molecule has 2 N–H and O–H groups in total. The molecular weight excluding hydrogens is 512 g/mol. The van der Waals surface area contributed by atoms with Gasteiger partial charge in [-0.3, -0.25) is 14.2 Å². The summed E-state index contributed by atoms with van der Waals surface area (Å²) >= 11 is 6.21. The fraction of sp³-hybridized carbons (Fsp3) is 0.258. The lowest BCUT2D eigenvalue weighted by atomic mass is 9.99. The molecule has 0 bridgehead atoms. The molecule has 0 aliphatic rings. The summed E-state index contributed by atoms with van der Waals surface area (Å²) in [4.78, 5) is 34.8. The second-order valence-electron chi connectivity index (χ2n) is 10.1. The predicted octanol–water partition coefficient (Wildman–Crippen LogP) is 5.95. The molecule has 1 amide bonds. The number of nitrogens with two attached hydrogens (primary N) is 1. The minimum absolute atomic E-state index is 0.0788. The Morgan fingerprint density at radius 2 is 1.79 bits per heavy atom.